The van der Waals surface area contributed by atoms with Crippen LogP contribution in [0.2, 0.25) is 0 Å². The van der Waals surface area contributed by atoms with Gasteiger partial charge in [0.2, 0.25) is 0 Å². The SMILES string of the molecule is CCCCCN(CCCNCCCCCCC1(CCCCCCNCCCN(CCCN(C)C)CCCN(C)C)c2cc(C(C)(C)C)ccc2-c2ccc(C(C)(C)C)cc21)CCCN(C)C. The third-order valence-corrected chi connectivity index (χ3v) is 14.5. The molecular weight excluding hydrogens is 807 g/mol. The molecule has 1 aliphatic rings. The predicted molar refractivity (Wildman–Crippen MR) is 293 cm³/mol. The highest BCUT2D eigenvalue weighted by Gasteiger charge is 2.43. The van der Waals surface area contributed by atoms with Crippen LogP contribution in [-0.4, -0.2) is 152 Å². The van der Waals surface area contributed by atoms with Crippen molar-refractivity contribution in [1.29, 1.82) is 0 Å². The second-order valence-electron chi connectivity index (χ2n) is 23.5. The number of nitrogens with one attached hydrogen (secondary N) is 2. The van der Waals surface area contributed by atoms with Gasteiger partial charge in [-0.2, -0.15) is 0 Å². The Morgan fingerprint density at radius 1 is 0.394 bits per heavy atom. The van der Waals surface area contributed by atoms with Crippen molar-refractivity contribution in [2.75, 3.05) is 127 Å². The van der Waals surface area contributed by atoms with E-state index in [1.807, 2.05) is 0 Å². The van der Waals surface area contributed by atoms with E-state index < -0.39 is 0 Å². The standard InChI is InChI=1S/C59H109N7/c1-14-15-24-43-65(46-27-40-62(8)9)44-25-38-60-36-22-18-16-20-34-59(35-21-17-19-23-37-61-39-26-45-66(47-28-41-63(10)11)48-29-42-64(12)13)55-49-51(57(2,3)4)30-32-53(55)54-33-31-52(50-56(54)59)58(5,6)7/h30-33,49-50,60-61H,14-29,34-48H2,1-13H3. The summed E-state index contributed by atoms with van der Waals surface area (Å²) in [4.78, 5) is 12.4. The van der Waals surface area contributed by atoms with Crippen LogP contribution in [0.5, 0.6) is 0 Å². The minimum absolute atomic E-state index is 0.0875. The van der Waals surface area contributed by atoms with Gasteiger partial charge in [-0.1, -0.05) is 136 Å². The molecule has 0 unspecified atom stereocenters. The summed E-state index contributed by atoms with van der Waals surface area (Å²) < 4.78 is 0. The number of hydrogen-bond acceptors (Lipinski definition) is 7. The van der Waals surface area contributed by atoms with Crippen molar-refractivity contribution >= 4 is 0 Å². The van der Waals surface area contributed by atoms with E-state index >= 15 is 0 Å². The Kier molecular flexibility index (Phi) is 27.8. The number of benzene rings is 2. The van der Waals surface area contributed by atoms with Crippen LogP contribution in [0.1, 0.15) is 186 Å². The van der Waals surface area contributed by atoms with Crippen molar-refractivity contribution in [3.63, 3.8) is 0 Å². The Morgan fingerprint density at radius 3 is 1.11 bits per heavy atom. The molecule has 0 aliphatic heterocycles. The molecule has 380 valence electrons. The van der Waals surface area contributed by atoms with Crippen LogP contribution in [0, 0.1) is 0 Å². The van der Waals surface area contributed by atoms with E-state index in [0.717, 1.165) is 26.2 Å². The Labute approximate surface area is 411 Å². The van der Waals surface area contributed by atoms with E-state index in [4.69, 9.17) is 0 Å². The van der Waals surface area contributed by atoms with Gasteiger partial charge < -0.3 is 35.1 Å². The maximum absolute atomic E-state index is 3.83. The Bertz CT molecular complexity index is 1470. The first kappa shape index (κ1) is 58.5. The quantitative estimate of drug-likeness (QED) is 0.0651. The summed E-state index contributed by atoms with van der Waals surface area (Å²) in [5.74, 6) is 0. The molecule has 0 fully saturated rings. The van der Waals surface area contributed by atoms with Crippen LogP contribution < -0.4 is 10.6 Å². The van der Waals surface area contributed by atoms with Gasteiger partial charge >= 0.3 is 0 Å². The number of fused-ring (bicyclic) bond motifs is 3. The summed E-state index contributed by atoms with van der Waals surface area (Å²) in [7, 11) is 13.2. The number of unbranched alkanes of at least 4 members (excludes halogenated alkanes) is 8. The maximum atomic E-state index is 3.83. The lowest BCUT2D eigenvalue weighted by Crippen LogP contribution is -2.32. The fourth-order valence-corrected chi connectivity index (χ4v) is 10.3. The lowest BCUT2D eigenvalue weighted by Gasteiger charge is -2.35. The van der Waals surface area contributed by atoms with Crippen LogP contribution in [0.3, 0.4) is 0 Å². The Hall–Kier alpha value is -1.84. The maximum Gasteiger partial charge on any atom is 0.0215 e. The molecule has 0 radical (unpaired) electrons. The zero-order chi connectivity index (χ0) is 48.4. The van der Waals surface area contributed by atoms with Gasteiger partial charge in [-0.05, 0) is 236 Å². The van der Waals surface area contributed by atoms with E-state index in [9.17, 15) is 0 Å². The van der Waals surface area contributed by atoms with Crippen LogP contribution in [0.4, 0.5) is 0 Å². The molecule has 0 aromatic heterocycles. The van der Waals surface area contributed by atoms with Gasteiger partial charge in [0.25, 0.3) is 0 Å². The topological polar surface area (TPSA) is 40.3 Å². The first-order chi connectivity index (χ1) is 31.5. The summed E-state index contributed by atoms with van der Waals surface area (Å²) in [6.45, 7) is 32.1. The first-order valence-corrected chi connectivity index (χ1v) is 27.6. The predicted octanol–water partition coefficient (Wildman–Crippen LogP) is 12.1. The van der Waals surface area contributed by atoms with Crippen molar-refractivity contribution in [2.24, 2.45) is 0 Å². The smallest absolute Gasteiger partial charge is 0.0215 e. The molecule has 2 aromatic rings. The molecule has 0 saturated carbocycles. The largest absolute Gasteiger partial charge is 0.317 e. The molecule has 7 heteroatoms. The van der Waals surface area contributed by atoms with Gasteiger partial charge in [0.15, 0.2) is 0 Å². The van der Waals surface area contributed by atoms with Crippen molar-refractivity contribution in [1.82, 2.24) is 35.1 Å². The highest BCUT2D eigenvalue weighted by atomic mass is 15.1. The van der Waals surface area contributed by atoms with E-state index in [-0.39, 0.29) is 16.2 Å². The Morgan fingerprint density at radius 2 is 0.742 bits per heavy atom. The molecule has 2 aromatic carbocycles. The molecule has 2 N–H and O–H groups in total. The van der Waals surface area contributed by atoms with Crippen LogP contribution in [0.25, 0.3) is 11.1 Å². The molecule has 3 rings (SSSR count). The lowest BCUT2D eigenvalue weighted by molar-refractivity contribution is 0.238. The number of nitrogens with zero attached hydrogens (tertiary/aromatic N) is 5. The van der Waals surface area contributed by atoms with E-state index in [2.05, 4.69) is 162 Å². The molecule has 7 nitrogen and oxygen atoms in total. The van der Waals surface area contributed by atoms with Crippen LogP contribution in [0.15, 0.2) is 36.4 Å². The summed E-state index contributed by atoms with van der Waals surface area (Å²) in [6, 6.07) is 15.1. The summed E-state index contributed by atoms with van der Waals surface area (Å²) in [5.41, 5.74) is 9.56. The van der Waals surface area contributed by atoms with Gasteiger partial charge in [-0.3, -0.25) is 0 Å². The van der Waals surface area contributed by atoms with Gasteiger partial charge in [-0.25, -0.2) is 0 Å². The third kappa shape index (κ3) is 21.8. The lowest BCUT2D eigenvalue weighted by atomic mass is 9.69. The molecule has 0 bridgehead atoms. The number of rotatable bonds is 38. The molecule has 66 heavy (non-hydrogen) atoms. The van der Waals surface area contributed by atoms with Gasteiger partial charge in [-0.15, -0.1) is 0 Å². The fourth-order valence-electron chi connectivity index (χ4n) is 10.3. The summed E-state index contributed by atoms with van der Waals surface area (Å²) in [6.07, 6.45) is 23.2. The third-order valence-electron chi connectivity index (χ3n) is 14.5. The highest BCUT2D eigenvalue weighted by molar-refractivity contribution is 5.82. The summed E-state index contributed by atoms with van der Waals surface area (Å²) >= 11 is 0. The molecule has 0 heterocycles. The van der Waals surface area contributed by atoms with Gasteiger partial charge in [0.1, 0.15) is 0 Å². The molecule has 1 aliphatic carbocycles. The molecule has 0 amide bonds. The molecular formula is C59H109N7. The van der Waals surface area contributed by atoms with Crippen LogP contribution in [-0.2, 0) is 16.2 Å². The average molecular weight is 917 g/mol. The first-order valence-electron chi connectivity index (χ1n) is 27.6. The Balaban J connectivity index is 1.58. The van der Waals surface area contributed by atoms with Gasteiger partial charge in [0, 0.05) is 5.41 Å². The van der Waals surface area contributed by atoms with Crippen molar-refractivity contribution in [3.05, 3.63) is 58.7 Å². The number of hydrogen-bond donors (Lipinski definition) is 2. The minimum atomic E-state index is 0.0875. The zero-order valence-electron chi connectivity index (χ0n) is 46.1. The van der Waals surface area contributed by atoms with Crippen molar-refractivity contribution in [3.8, 4) is 11.1 Å². The van der Waals surface area contributed by atoms with Gasteiger partial charge in [0.05, 0.1) is 0 Å². The second-order valence-corrected chi connectivity index (χ2v) is 23.5. The minimum Gasteiger partial charge on any atom is -0.317 e. The van der Waals surface area contributed by atoms with Crippen molar-refractivity contribution in [2.45, 2.75) is 180 Å². The fraction of sp³-hybridized carbons (Fsp3) is 0.797. The molecule has 0 spiro atoms. The molecule has 0 atom stereocenters. The average Bonchev–Trinajstić information content (AvgIpc) is 3.51. The highest BCUT2D eigenvalue weighted by Crippen LogP contribution is 2.55. The monoisotopic (exact) mass is 916 g/mol. The van der Waals surface area contributed by atoms with E-state index in [1.54, 1.807) is 11.1 Å². The van der Waals surface area contributed by atoms with E-state index in [1.165, 1.54) is 197 Å². The molecule has 0 saturated heterocycles. The van der Waals surface area contributed by atoms with Crippen LogP contribution >= 0.6 is 0 Å². The second kappa shape index (κ2) is 31.4. The van der Waals surface area contributed by atoms with Crippen molar-refractivity contribution < 1.29 is 0 Å². The summed E-state index contributed by atoms with van der Waals surface area (Å²) in [5, 5.41) is 7.65. The zero-order valence-corrected chi connectivity index (χ0v) is 46.1. The van der Waals surface area contributed by atoms with E-state index in [0.29, 0.717) is 0 Å². The normalized spacial score (nSPS) is 13.9.